The van der Waals surface area contributed by atoms with Gasteiger partial charge in [-0.2, -0.15) is 0 Å². The van der Waals surface area contributed by atoms with Crippen molar-refractivity contribution in [1.29, 1.82) is 0 Å². The molecule has 4 heteroatoms. The number of benzene rings is 4. The topological polar surface area (TPSA) is 0 Å². The Labute approximate surface area is 399 Å². The normalized spacial score (nSPS) is 18.7. The number of hydrogen-bond donors (Lipinski definition) is 0. The fraction of sp³-hybridized carbons (Fsp3) is 0.500. The molecule has 0 bridgehead atoms. The molecule has 4 aromatic rings. The summed E-state index contributed by atoms with van der Waals surface area (Å²) in [6, 6.07) is 29.2. The number of hydrogen-bond acceptors (Lipinski definition) is 0. The summed E-state index contributed by atoms with van der Waals surface area (Å²) in [6.45, 7) is 0. The molecule has 0 unspecified atom stereocenters. The van der Waals surface area contributed by atoms with E-state index in [0.717, 1.165) is 24.0 Å². The summed E-state index contributed by atoms with van der Waals surface area (Å²) in [5.74, 6) is 4.87. The molecule has 4 aromatic carbocycles. The number of fused-ring (bicyclic) bond motifs is 6. The molecule has 0 aliphatic heterocycles. The summed E-state index contributed by atoms with van der Waals surface area (Å²) < 4.78 is 0. The molecular formula is C56H68Au2P2+2. The second-order valence-corrected chi connectivity index (χ2v) is 25.2. The van der Waals surface area contributed by atoms with Gasteiger partial charge in [-0.1, -0.05) is 97.5 Å². The van der Waals surface area contributed by atoms with Gasteiger partial charge in [0.05, 0.1) is 35.0 Å². The average Bonchev–Trinajstić information content (AvgIpc) is 3.87. The molecule has 60 heavy (non-hydrogen) atoms. The van der Waals surface area contributed by atoms with Crippen molar-refractivity contribution >= 4 is 15.8 Å². The van der Waals surface area contributed by atoms with E-state index in [1.807, 2.05) is 12.1 Å². The molecular weight excluding hydrogens is 1130 g/mol. The Kier molecular flexibility index (Phi) is 19.5. The zero-order valence-corrected chi connectivity index (χ0v) is 42.3. The van der Waals surface area contributed by atoms with Crippen LogP contribution in [0.1, 0.15) is 162 Å². The zero-order valence-electron chi connectivity index (χ0n) is 36.0. The monoisotopic (exact) mass is 1200 g/mol. The minimum absolute atomic E-state index is 0. The van der Waals surface area contributed by atoms with Gasteiger partial charge in [-0.05, 0) is 149 Å². The second kappa shape index (κ2) is 24.4. The van der Waals surface area contributed by atoms with Crippen LogP contribution in [0.15, 0.2) is 84.9 Å². The van der Waals surface area contributed by atoms with E-state index >= 15 is 0 Å². The molecule has 6 aliphatic carbocycles. The van der Waals surface area contributed by atoms with E-state index in [1.54, 1.807) is 141 Å². The van der Waals surface area contributed by atoms with Crippen molar-refractivity contribution in [3.63, 3.8) is 0 Å². The Morgan fingerprint density at radius 1 is 0.383 bits per heavy atom. The average molecular weight is 1200 g/mol. The van der Waals surface area contributed by atoms with Gasteiger partial charge in [-0.15, -0.1) is 35.4 Å². The van der Waals surface area contributed by atoms with Crippen LogP contribution in [0.2, 0.25) is 0 Å². The van der Waals surface area contributed by atoms with Crippen molar-refractivity contribution < 1.29 is 44.8 Å². The number of rotatable bonds is 7. The van der Waals surface area contributed by atoms with Gasteiger partial charge in [0.2, 0.25) is 0 Å². The van der Waals surface area contributed by atoms with E-state index in [1.165, 1.54) is 67.1 Å². The largest absolute Gasteiger partial charge is 1.00 e. The van der Waals surface area contributed by atoms with E-state index in [4.69, 9.17) is 12.8 Å². The van der Waals surface area contributed by atoms with Gasteiger partial charge in [-0.25, -0.2) is 0 Å². The van der Waals surface area contributed by atoms with Crippen LogP contribution in [0, 0.1) is 24.7 Å². The fourth-order valence-corrected chi connectivity index (χ4v) is 22.0. The third-order valence-corrected chi connectivity index (χ3v) is 23.8. The molecule has 4 saturated carbocycles. The first-order chi connectivity index (χ1) is 28.7. The van der Waals surface area contributed by atoms with Gasteiger partial charge in [-0.3, -0.25) is 11.8 Å². The fourth-order valence-electron chi connectivity index (χ4n) is 12.1. The maximum absolute atomic E-state index is 7.12. The summed E-state index contributed by atoms with van der Waals surface area (Å²) in [5.41, 5.74) is 17.3. The zero-order chi connectivity index (χ0) is 39.5. The quantitative estimate of drug-likeness (QED) is 0.0647. The van der Waals surface area contributed by atoms with Crippen molar-refractivity contribution in [3.05, 3.63) is 131 Å². The van der Waals surface area contributed by atoms with E-state index in [0.29, 0.717) is 0 Å². The molecule has 0 radical (unpaired) electrons. The first kappa shape index (κ1) is 47.8. The molecule has 0 heterocycles. The Hall–Kier alpha value is -1.66. The van der Waals surface area contributed by atoms with Crippen molar-refractivity contribution in [2.24, 2.45) is 0 Å². The third kappa shape index (κ3) is 12.1. The molecule has 0 aromatic heterocycles. The summed E-state index contributed by atoms with van der Waals surface area (Å²) in [4.78, 5) is 0. The second-order valence-electron chi connectivity index (χ2n) is 18.7. The van der Waals surface area contributed by atoms with Crippen LogP contribution in [0.5, 0.6) is 0 Å². The van der Waals surface area contributed by atoms with Crippen LogP contribution < -0.4 is 0 Å². The molecule has 0 N–H and O–H groups in total. The Balaban J connectivity index is 0.000000160. The van der Waals surface area contributed by atoms with E-state index in [9.17, 15) is 0 Å². The molecule has 322 valence electrons. The minimum atomic E-state index is -0.0909. The van der Waals surface area contributed by atoms with Gasteiger partial charge in [0, 0.05) is 15.8 Å². The summed E-state index contributed by atoms with van der Waals surface area (Å²) in [5, 5.41) is 0. The van der Waals surface area contributed by atoms with Gasteiger partial charge in [0.25, 0.3) is 0 Å². The van der Waals surface area contributed by atoms with Crippen molar-refractivity contribution in [1.82, 2.24) is 0 Å². The third-order valence-electron chi connectivity index (χ3n) is 15.1. The Morgan fingerprint density at radius 2 is 0.683 bits per heavy atom. The molecule has 10 rings (SSSR count). The van der Waals surface area contributed by atoms with Crippen LogP contribution in [0.3, 0.4) is 0 Å². The molecule has 0 atom stereocenters. The predicted molar refractivity (Wildman–Crippen MR) is 256 cm³/mol. The van der Waals surface area contributed by atoms with E-state index < -0.39 is 0 Å². The summed E-state index contributed by atoms with van der Waals surface area (Å²) >= 11 is 0. The van der Waals surface area contributed by atoms with Crippen LogP contribution in [0.25, 0.3) is 22.3 Å². The maximum Gasteiger partial charge on any atom is 1.00 e. The van der Waals surface area contributed by atoms with E-state index in [-0.39, 0.29) is 60.6 Å². The first-order valence-electron chi connectivity index (χ1n) is 23.7. The van der Waals surface area contributed by atoms with Gasteiger partial charge < -0.3 is 12.8 Å². The summed E-state index contributed by atoms with van der Waals surface area (Å²) in [6.07, 6.45) is 51.7. The van der Waals surface area contributed by atoms with Crippen molar-refractivity contribution in [2.75, 3.05) is 12.3 Å². The van der Waals surface area contributed by atoms with Gasteiger partial charge in [0.1, 0.15) is 0 Å². The molecule has 0 amide bonds. The van der Waals surface area contributed by atoms with Crippen LogP contribution in [0.4, 0.5) is 0 Å². The van der Waals surface area contributed by atoms with Crippen molar-refractivity contribution in [2.45, 2.75) is 164 Å². The molecule has 0 nitrogen and oxygen atoms in total. The summed E-state index contributed by atoms with van der Waals surface area (Å²) in [7, 11) is -0.182. The van der Waals surface area contributed by atoms with Gasteiger partial charge >= 0.3 is 44.8 Å². The van der Waals surface area contributed by atoms with Crippen molar-refractivity contribution in [3.8, 4) is 34.1 Å². The standard InChI is InChI=1S/C26H48P2.2C15H9.2Au/c1-5-13-23(14-6-1)27(24-15-7-2-8-16-24)21-22-28(25-17-9-3-10-18-25)26-19-11-4-12-20-26;2*1-2-11-7-8-15-13(9-11)10-12-5-3-4-6-14(12)15;;/h23-26H,1-22H2;2*3-9H,10H2;;/q;2*-1;2*+1/p+2. The van der Waals surface area contributed by atoms with E-state index in [2.05, 4.69) is 84.6 Å². The smallest absolute Gasteiger partial charge is 0.366 e. The molecule has 4 fully saturated rings. The van der Waals surface area contributed by atoms with Gasteiger partial charge in [0.15, 0.2) is 0 Å². The molecule has 6 aliphatic rings. The maximum atomic E-state index is 7.12. The van der Waals surface area contributed by atoms with Crippen LogP contribution in [-0.4, -0.2) is 35.0 Å². The molecule has 0 saturated heterocycles. The minimum Gasteiger partial charge on any atom is -0.366 e. The first-order valence-corrected chi connectivity index (χ1v) is 27.4. The van der Waals surface area contributed by atoms with Crippen LogP contribution >= 0.6 is 15.8 Å². The predicted octanol–water partition coefficient (Wildman–Crippen LogP) is 15.1. The van der Waals surface area contributed by atoms with Crippen LogP contribution in [-0.2, 0) is 57.6 Å². The Morgan fingerprint density at radius 3 is 1.00 bits per heavy atom. The SMILES string of the molecule is C1CCC([PH+](CC[PH+](C2CCCCC2)C2CCCCC2)C2CCCCC2)CC1.[Au+].[Au+].[C-]#Cc1ccc2c(c1)Cc1ccccc1-2.[C-]#Cc1ccc2c(c1)Cc1ccccc1-2. The Bertz CT molecular complexity index is 1850. The molecule has 0 spiro atoms.